The Morgan fingerprint density at radius 3 is 2.57 bits per heavy atom. The lowest BCUT2D eigenvalue weighted by Crippen LogP contribution is -2.29. The first-order chi connectivity index (χ1) is 10.1. The number of nitrogens with one attached hydrogen (secondary N) is 1. The van der Waals surface area contributed by atoms with E-state index in [2.05, 4.69) is 5.32 Å². The number of hydrogen-bond donors (Lipinski definition) is 1. The third kappa shape index (κ3) is 4.69. The number of halogens is 1. The first-order valence-corrected chi connectivity index (χ1v) is 8.30. The van der Waals surface area contributed by atoms with Crippen LogP contribution in [-0.4, -0.2) is 15.4 Å². The topological polar surface area (TPSA) is 46.2 Å². The lowest BCUT2D eigenvalue weighted by atomic mass is 10.2. The third-order valence-corrected chi connectivity index (χ3v) is 4.86. The number of carbonyl (C=O) groups is 1. The van der Waals surface area contributed by atoms with E-state index in [9.17, 15) is 9.00 Å². The van der Waals surface area contributed by atoms with Crippen molar-refractivity contribution in [3.63, 3.8) is 0 Å². The summed E-state index contributed by atoms with van der Waals surface area (Å²) in [6.07, 6.45) is 0. The molecule has 0 aliphatic heterocycles. The fourth-order valence-corrected chi connectivity index (χ4v) is 3.07. The molecule has 1 N–H and O–H groups in total. The molecular formula is C16H16ClNO2S. The van der Waals surface area contributed by atoms with Crippen LogP contribution in [-0.2, 0) is 21.3 Å². The van der Waals surface area contributed by atoms with Crippen LogP contribution in [0.15, 0.2) is 54.6 Å². The number of rotatable bonds is 5. The quantitative estimate of drug-likeness (QED) is 0.914. The zero-order chi connectivity index (χ0) is 15.2. The average Bonchev–Trinajstić information content (AvgIpc) is 2.47. The molecule has 0 spiro atoms. The maximum atomic E-state index is 12.3. The predicted octanol–water partition coefficient (Wildman–Crippen LogP) is 3.62. The molecule has 2 atom stereocenters. The van der Waals surface area contributed by atoms with E-state index in [0.717, 1.165) is 5.56 Å². The highest BCUT2D eigenvalue weighted by atomic mass is 35.5. The summed E-state index contributed by atoms with van der Waals surface area (Å²) in [5.74, 6) is 0.0609. The highest BCUT2D eigenvalue weighted by Gasteiger charge is 2.20. The Bertz CT molecular complexity index is 646. The molecule has 2 aromatic carbocycles. The van der Waals surface area contributed by atoms with Crippen molar-refractivity contribution in [1.82, 2.24) is 0 Å². The van der Waals surface area contributed by atoms with Gasteiger partial charge in [0.15, 0.2) is 0 Å². The summed E-state index contributed by atoms with van der Waals surface area (Å²) < 4.78 is 12.3. The Balaban J connectivity index is 1.97. The van der Waals surface area contributed by atoms with Gasteiger partial charge in [-0.25, -0.2) is 0 Å². The SMILES string of the molecule is CC(C(=O)Nc1ccccc1)S(=O)Cc1cccc(Cl)c1. The second kappa shape index (κ2) is 7.38. The lowest BCUT2D eigenvalue weighted by molar-refractivity contribution is -0.115. The van der Waals surface area contributed by atoms with E-state index in [-0.39, 0.29) is 5.91 Å². The summed E-state index contributed by atoms with van der Waals surface area (Å²) in [5, 5.41) is 2.77. The Morgan fingerprint density at radius 1 is 1.19 bits per heavy atom. The standard InChI is InChI=1S/C16H16ClNO2S/c1-12(16(19)18-15-8-3-2-4-9-15)21(20)11-13-6-5-7-14(17)10-13/h2-10,12H,11H2,1H3,(H,18,19). The zero-order valence-corrected chi connectivity index (χ0v) is 13.2. The minimum atomic E-state index is -1.30. The fourth-order valence-electron chi connectivity index (χ4n) is 1.80. The smallest absolute Gasteiger partial charge is 0.239 e. The Morgan fingerprint density at radius 2 is 1.90 bits per heavy atom. The number of para-hydroxylation sites is 1. The molecule has 0 saturated heterocycles. The molecule has 0 radical (unpaired) electrons. The Kier molecular flexibility index (Phi) is 5.53. The molecule has 0 aliphatic rings. The molecule has 2 rings (SSSR count). The van der Waals surface area contributed by atoms with Gasteiger partial charge in [-0.15, -0.1) is 0 Å². The van der Waals surface area contributed by atoms with E-state index in [1.807, 2.05) is 30.3 Å². The van der Waals surface area contributed by atoms with Gasteiger partial charge in [0.25, 0.3) is 0 Å². The van der Waals surface area contributed by atoms with Crippen molar-refractivity contribution in [2.24, 2.45) is 0 Å². The molecule has 21 heavy (non-hydrogen) atoms. The van der Waals surface area contributed by atoms with Crippen molar-refractivity contribution in [1.29, 1.82) is 0 Å². The number of anilines is 1. The van der Waals surface area contributed by atoms with Crippen molar-refractivity contribution < 1.29 is 9.00 Å². The summed E-state index contributed by atoms with van der Waals surface area (Å²) in [5.41, 5.74) is 1.56. The molecule has 5 heteroatoms. The number of amides is 1. The summed E-state index contributed by atoms with van der Waals surface area (Å²) in [6, 6.07) is 16.3. The van der Waals surface area contributed by atoms with E-state index in [4.69, 9.17) is 11.6 Å². The lowest BCUT2D eigenvalue weighted by Gasteiger charge is -2.12. The molecule has 1 amide bonds. The van der Waals surface area contributed by atoms with E-state index >= 15 is 0 Å². The van der Waals surface area contributed by atoms with Crippen LogP contribution in [0.25, 0.3) is 0 Å². The highest BCUT2D eigenvalue weighted by molar-refractivity contribution is 7.85. The number of hydrogen-bond acceptors (Lipinski definition) is 2. The maximum absolute atomic E-state index is 12.3. The molecule has 2 aromatic rings. The van der Waals surface area contributed by atoms with Crippen LogP contribution in [0.3, 0.4) is 0 Å². The normalized spacial score (nSPS) is 13.4. The van der Waals surface area contributed by atoms with Gasteiger partial charge in [-0.2, -0.15) is 0 Å². The summed E-state index contributed by atoms with van der Waals surface area (Å²) >= 11 is 5.90. The van der Waals surface area contributed by atoms with Gasteiger partial charge in [-0.1, -0.05) is 41.9 Å². The van der Waals surface area contributed by atoms with Crippen molar-refractivity contribution in [3.8, 4) is 0 Å². The van der Waals surface area contributed by atoms with Crippen molar-refractivity contribution in [3.05, 3.63) is 65.2 Å². The van der Waals surface area contributed by atoms with Crippen LogP contribution < -0.4 is 5.32 Å². The summed E-state index contributed by atoms with van der Waals surface area (Å²) in [4.78, 5) is 12.1. The van der Waals surface area contributed by atoms with Gasteiger partial charge in [0.1, 0.15) is 5.25 Å². The van der Waals surface area contributed by atoms with Crippen molar-refractivity contribution in [2.75, 3.05) is 5.32 Å². The number of carbonyl (C=O) groups excluding carboxylic acids is 1. The van der Waals surface area contributed by atoms with Crippen molar-refractivity contribution in [2.45, 2.75) is 17.9 Å². The fraction of sp³-hybridized carbons (Fsp3) is 0.188. The van der Waals surface area contributed by atoms with Gasteiger partial charge < -0.3 is 5.32 Å². The van der Waals surface area contributed by atoms with Gasteiger partial charge in [0.2, 0.25) is 5.91 Å². The molecule has 0 aliphatic carbocycles. The van der Waals surface area contributed by atoms with Gasteiger partial charge in [0.05, 0.1) is 0 Å². The van der Waals surface area contributed by atoms with Crippen LogP contribution in [0.1, 0.15) is 12.5 Å². The van der Waals surface area contributed by atoms with E-state index in [1.54, 1.807) is 31.2 Å². The molecule has 2 unspecified atom stereocenters. The van der Waals surface area contributed by atoms with Crippen LogP contribution >= 0.6 is 11.6 Å². The van der Waals surface area contributed by atoms with E-state index < -0.39 is 16.0 Å². The first-order valence-electron chi connectivity index (χ1n) is 6.54. The average molecular weight is 322 g/mol. The minimum absolute atomic E-state index is 0.249. The third-order valence-electron chi connectivity index (χ3n) is 3.00. The molecule has 110 valence electrons. The van der Waals surface area contributed by atoms with Gasteiger partial charge >= 0.3 is 0 Å². The monoisotopic (exact) mass is 321 g/mol. The van der Waals surface area contributed by atoms with Gasteiger partial charge in [0, 0.05) is 27.3 Å². The van der Waals surface area contributed by atoms with Gasteiger partial charge in [-0.3, -0.25) is 9.00 Å². The van der Waals surface area contributed by atoms with Crippen molar-refractivity contribution >= 4 is 34.0 Å². The largest absolute Gasteiger partial charge is 0.325 e. The van der Waals surface area contributed by atoms with Gasteiger partial charge in [-0.05, 0) is 36.8 Å². The second-order valence-electron chi connectivity index (χ2n) is 4.65. The maximum Gasteiger partial charge on any atom is 0.239 e. The molecule has 3 nitrogen and oxygen atoms in total. The zero-order valence-electron chi connectivity index (χ0n) is 11.6. The number of benzene rings is 2. The molecule has 0 aromatic heterocycles. The summed E-state index contributed by atoms with van der Waals surface area (Å²) in [6.45, 7) is 1.67. The first kappa shape index (κ1) is 15.7. The predicted molar refractivity (Wildman–Crippen MR) is 87.8 cm³/mol. The molecular weight excluding hydrogens is 306 g/mol. The Hall–Kier alpha value is -1.65. The van der Waals surface area contributed by atoms with E-state index in [0.29, 0.717) is 16.5 Å². The second-order valence-corrected chi connectivity index (χ2v) is 6.85. The molecule has 0 heterocycles. The molecule has 0 saturated carbocycles. The van der Waals surface area contributed by atoms with Crippen LogP contribution in [0, 0.1) is 0 Å². The van der Waals surface area contributed by atoms with Crippen LogP contribution in [0.4, 0.5) is 5.69 Å². The Labute approximate surface area is 131 Å². The minimum Gasteiger partial charge on any atom is -0.325 e. The highest BCUT2D eigenvalue weighted by Crippen LogP contribution is 2.14. The molecule has 0 bridgehead atoms. The summed E-state index contributed by atoms with van der Waals surface area (Å²) in [7, 11) is -1.30. The van der Waals surface area contributed by atoms with Crippen LogP contribution in [0.2, 0.25) is 5.02 Å². The van der Waals surface area contributed by atoms with E-state index in [1.165, 1.54) is 0 Å². The molecule has 0 fully saturated rings. The van der Waals surface area contributed by atoms with Crippen LogP contribution in [0.5, 0.6) is 0 Å².